The van der Waals surface area contributed by atoms with Crippen LogP contribution in [0.3, 0.4) is 0 Å². The van der Waals surface area contributed by atoms with Gasteiger partial charge in [-0.3, -0.25) is 4.79 Å². The molecule has 0 atom stereocenters. The van der Waals surface area contributed by atoms with Crippen molar-refractivity contribution in [2.45, 2.75) is 6.92 Å². The monoisotopic (exact) mass is 368 g/mol. The quantitative estimate of drug-likeness (QED) is 0.249. The molecule has 0 spiro atoms. The number of esters is 1. The molecule has 0 aliphatic heterocycles. The third-order valence-electron chi connectivity index (χ3n) is 4.07. The summed E-state index contributed by atoms with van der Waals surface area (Å²) in [5.74, 6) is -0.0482. The van der Waals surface area contributed by atoms with Gasteiger partial charge in [0.25, 0.3) is 0 Å². The van der Waals surface area contributed by atoms with Crippen molar-refractivity contribution in [1.29, 1.82) is 0 Å². The van der Waals surface area contributed by atoms with Crippen molar-refractivity contribution >= 4 is 23.9 Å². The lowest BCUT2D eigenvalue weighted by Gasteiger charge is -2.02. The van der Waals surface area contributed by atoms with E-state index in [2.05, 4.69) is 0 Å². The van der Waals surface area contributed by atoms with Gasteiger partial charge in [0.05, 0.1) is 0 Å². The lowest BCUT2D eigenvalue weighted by atomic mass is 10.1. The van der Waals surface area contributed by atoms with Crippen molar-refractivity contribution < 1.29 is 14.3 Å². The number of carbonyl (C=O) groups is 2. The molecular formula is C25H20O3. The van der Waals surface area contributed by atoms with Gasteiger partial charge in [0, 0.05) is 11.6 Å². The fraction of sp³-hybridized carbons (Fsp3) is 0.0400. The number of ketones is 1. The van der Waals surface area contributed by atoms with Gasteiger partial charge in [-0.1, -0.05) is 78.4 Å². The van der Waals surface area contributed by atoms with Gasteiger partial charge in [-0.05, 0) is 42.3 Å². The molecule has 0 aromatic heterocycles. The van der Waals surface area contributed by atoms with Gasteiger partial charge < -0.3 is 4.74 Å². The molecule has 0 fully saturated rings. The lowest BCUT2D eigenvalue weighted by molar-refractivity contribution is -0.128. The lowest BCUT2D eigenvalue weighted by Crippen LogP contribution is -2.03. The second-order valence-electron chi connectivity index (χ2n) is 6.30. The minimum absolute atomic E-state index is 0.0541. The van der Waals surface area contributed by atoms with Crippen LogP contribution >= 0.6 is 0 Å². The molecule has 3 rings (SSSR count). The number of aryl methyl sites for hydroxylation is 1. The molecule has 0 saturated heterocycles. The SMILES string of the molecule is Cc1ccc(C(=O)C=Cc2ccc(OC(=O)C=Cc3ccccc3)cc2)cc1. The highest BCUT2D eigenvalue weighted by Crippen LogP contribution is 2.14. The Morgan fingerprint density at radius 2 is 1.32 bits per heavy atom. The summed E-state index contributed by atoms with van der Waals surface area (Å²) >= 11 is 0. The van der Waals surface area contributed by atoms with E-state index in [1.165, 1.54) is 12.2 Å². The van der Waals surface area contributed by atoms with Crippen molar-refractivity contribution in [3.05, 3.63) is 113 Å². The van der Waals surface area contributed by atoms with Gasteiger partial charge in [0.15, 0.2) is 5.78 Å². The van der Waals surface area contributed by atoms with E-state index >= 15 is 0 Å². The fourth-order valence-electron chi connectivity index (χ4n) is 2.51. The molecule has 0 bridgehead atoms. The Morgan fingerprint density at radius 3 is 2.00 bits per heavy atom. The molecule has 3 aromatic carbocycles. The van der Waals surface area contributed by atoms with Crippen molar-refractivity contribution in [2.24, 2.45) is 0 Å². The molecule has 0 N–H and O–H groups in total. The minimum atomic E-state index is -0.443. The smallest absolute Gasteiger partial charge is 0.336 e. The average Bonchev–Trinajstić information content (AvgIpc) is 2.73. The van der Waals surface area contributed by atoms with E-state index in [1.807, 2.05) is 61.5 Å². The first kappa shape index (κ1) is 19.1. The second kappa shape index (κ2) is 9.28. The van der Waals surface area contributed by atoms with Gasteiger partial charge in [0.2, 0.25) is 0 Å². The Bertz CT molecular complexity index is 996. The molecule has 3 heteroatoms. The molecule has 0 radical (unpaired) electrons. The number of rotatable bonds is 6. The Hall–Kier alpha value is -3.72. The van der Waals surface area contributed by atoms with Crippen molar-refractivity contribution in [3.63, 3.8) is 0 Å². The summed E-state index contributed by atoms with van der Waals surface area (Å²) in [6.07, 6.45) is 6.37. The molecule has 0 aliphatic carbocycles. The summed E-state index contributed by atoms with van der Waals surface area (Å²) in [6, 6.07) is 24.0. The van der Waals surface area contributed by atoms with E-state index in [0.717, 1.165) is 16.7 Å². The van der Waals surface area contributed by atoms with Crippen LogP contribution in [0.5, 0.6) is 5.75 Å². The highest BCUT2D eigenvalue weighted by atomic mass is 16.5. The van der Waals surface area contributed by atoms with Crippen molar-refractivity contribution in [3.8, 4) is 5.75 Å². The van der Waals surface area contributed by atoms with Crippen LogP contribution in [0.15, 0.2) is 91.0 Å². The maximum atomic E-state index is 12.2. The Morgan fingerprint density at radius 1 is 0.714 bits per heavy atom. The summed E-state index contributed by atoms with van der Waals surface area (Å²) in [5, 5.41) is 0. The maximum absolute atomic E-state index is 12.2. The zero-order valence-corrected chi connectivity index (χ0v) is 15.5. The molecule has 138 valence electrons. The van der Waals surface area contributed by atoms with Crippen LogP contribution in [0.25, 0.3) is 12.2 Å². The zero-order valence-electron chi connectivity index (χ0n) is 15.5. The van der Waals surface area contributed by atoms with Crippen LogP contribution in [0.2, 0.25) is 0 Å². The molecule has 0 unspecified atom stereocenters. The fourth-order valence-corrected chi connectivity index (χ4v) is 2.51. The summed E-state index contributed by atoms with van der Waals surface area (Å²) in [6.45, 7) is 1.98. The largest absolute Gasteiger partial charge is 0.423 e. The Balaban J connectivity index is 1.57. The standard InChI is InChI=1S/C25H20O3/c1-19-7-13-22(14-8-19)24(26)17-11-21-9-15-23(16-10-21)28-25(27)18-12-20-5-3-2-4-6-20/h2-18H,1H3. The molecule has 0 saturated carbocycles. The predicted octanol–water partition coefficient (Wildman–Crippen LogP) is 5.51. The van der Waals surface area contributed by atoms with Crippen LogP contribution in [-0.4, -0.2) is 11.8 Å². The first-order valence-corrected chi connectivity index (χ1v) is 8.94. The third kappa shape index (κ3) is 5.64. The number of ether oxygens (including phenoxy) is 1. The highest BCUT2D eigenvalue weighted by Gasteiger charge is 2.02. The first-order valence-electron chi connectivity index (χ1n) is 8.94. The van der Waals surface area contributed by atoms with E-state index < -0.39 is 5.97 Å². The van der Waals surface area contributed by atoms with Gasteiger partial charge >= 0.3 is 5.97 Å². The second-order valence-corrected chi connectivity index (χ2v) is 6.30. The third-order valence-corrected chi connectivity index (χ3v) is 4.07. The molecule has 0 amide bonds. The maximum Gasteiger partial charge on any atom is 0.336 e. The average molecular weight is 368 g/mol. The molecule has 3 aromatic rings. The van der Waals surface area contributed by atoms with E-state index in [1.54, 1.807) is 36.4 Å². The van der Waals surface area contributed by atoms with Gasteiger partial charge in [0.1, 0.15) is 5.75 Å². The normalized spacial score (nSPS) is 11.0. The molecule has 28 heavy (non-hydrogen) atoms. The van der Waals surface area contributed by atoms with Crippen LogP contribution in [-0.2, 0) is 4.79 Å². The Kier molecular flexibility index (Phi) is 6.32. The number of carbonyl (C=O) groups excluding carboxylic acids is 2. The van der Waals surface area contributed by atoms with E-state index in [4.69, 9.17) is 4.74 Å². The van der Waals surface area contributed by atoms with E-state index in [0.29, 0.717) is 11.3 Å². The summed E-state index contributed by atoms with van der Waals surface area (Å²) in [4.78, 5) is 24.1. The number of hydrogen-bond acceptors (Lipinski definition) is 3. The van der Waals surface area contributed by atoms with Gasteiger partial charge in [-0.25, -0.2) is 4.79 Å². The highest BCUT2D eigenvalue weighted by molar-refractivity contribution is 6.06. The number of benzene rings is 3. The zero-order chi connectivity index (χ0) is 19.8. The topological polar surface area (TPSA) is 43.4 Å². The van der Waals surface area contributed by atoms with E-state index in [9.17, 15) is 9.59 Å². The van der Waals surface area contributed by atoms with E-state index in [-0.39, 0.29) is 5.78 Å². The van der Waals surface area contributed by atoms with Crippen molar-refractivity contribution in [2.75, 3.05) is 0 Å². The summed E-state index contributed by atoms with van der Waals surface area (Å²) < 4.78 is 5.28. The molecule has 3 nitrogen and oxygen atoms in total. The van der Waals surface area contributed by atoms with Crippen LogP contribution in [0.1, 0.15) is 27.0 Å². The van der Waals surface area contributed by atoms with Crippen LogP contribution in [0, 0.1) is 6.92 Å². The first-order chi connectivity index (χ1) is 13.6. The number of allylic oxidation sites excluding steroid dienone is 1. The number of hydrogen-bond donors (Lipinski definition) is 0. The summed E-state index contributed by atoms with van der Waals surface area (Å²) in [7, 11) is 0. The molecular weight excluding hydrogens is 348 g/mol. The van der Waals surface area contributed by atoms with Gasteiger partial charge in [-0.15, -0.1) is 0 Å². The van der Waals surface area contributed by atoms with Crippen LogP contribution < -0.4 is 4.74 Å². The van der Waals surface area contributed by atoms with Gasteiger partial charge in [-0.2, -0.15) is 0 Å². The predicted molar refractivity (Wildman–Crippen MR) is 112 cm³/mol. The van der Waals surface area contributed by atoms with Crippen molar-refractivity contribution in [1.82, 2.24) is 0 Å². The minimum Gasteiger partial charge on any atom is -0.423 e. The Labute approximate surface area is 164 Å². The summed E-state index contributed by atoms with van der Waals surface area (Å²) in [5.41, 5.74) is 3.54. The van der Waals surface area contributed by atoms with Crippen LogP contribution in [0.4, 0.5) is 0 Å². The molecule has 0 heterocycles. The molecule has 0 aliphatic rings.